The average molecular weight is 687 g/mol. The van der Waals surface area contributed by atoms with E-state index in [9.17, 15) is 9.59 Å². The quantitative estimate of drug-likeness (QED) is 0.236. The monoisotopic (exact) mass is 686 g/mol. The molecule has 2 aromatic heterocycles. The van der Waals surface area contributed by atoms with Gasteiger partial charge in [0.05, 0.1) is 18.9 Å². The van der Waals surface area contributed by atoms with E-state index in [2.05, 4.69) is 27.7 Å². The Labute approximate surface area is 298 Å². The fraction of sp³-hybridized carbons (Fsp3) is 0.725. The standard InChI is InChI=1S/C40H58N6O4/c1-25-35(43-26(2)44-37(25)46-14-10-30(11-15-46)33-9-8-31-7-6-13-41-36(31)45-33)42-24-32(38(48)50-39(3,4)5)20-34(47)49-16-12-40-21-27-17-28(22-40)19-29(18-27)23-40/h8-9,27-30,32H,6-7,10-24H2,1-5H3,(H,41,45)(H,42,43,44)/t27?,28?,29?,32-,40?/m0/s1. The molecule has 1 saturated heterocycles. The van der Waals surface area contributed by atoms with E-state index in [0.717, 1.165) is 86.7 Å². The van der Waals surface area contributed by atoms with Gasteiger partial charge >= 0.3 is 11.9 Å². The van der Waals surface area contributed by atoms with Gasteiger partial charge in [0, 0.05) is 43.4 Å². The fourth-order valence-corrected chi connectivity index (χ4v) is 10.1. The van der Waals surface area contributed by atoms with Gasteiger partial charge in [-0.25, -0.2) is 15.0 Å². The summed E-state index contributed by atoms with van der Waals surface area (Å²) in [4.78, 5) is 43.5. The van der Waals surface area contributed by atoms with Crippen molar-refractivity contribution < 1.29 is 19.1 Å². The number of ether oxygens (including phenoxy) is 2. The molecular weight excluding hydrogens is 628 g/mol. The number of hydrogen-bond acceptors (Lipinski definition) is 10. The highest BCUT2D eigenvalue weighted by molar-refractivity contribution is 5.81. The lowest BCUT2D eigenvalue weighted by Crippen LogP contribution is -2.46. The first-order chi connectivity index (χ1) is 23.9. The molecule has 4 bridgehead atoms. The molecule has 2 N–H and O–H groups in total. The third-order valence-electron chi connectivity index (χ3n) is 12.1. The van der Waals surface area contributed by atoms with Crippen molar-refractivity contribution in [1.29, 1.82) is 0 Å². The number of rotatable bonds is 11. The molecule has 0 spiro atoms. The van der Waals surface area contributed by atoms with Gasteiger partial charge in [-0.1, -0.05) is 6.07 Å². The summed E-state index contributed by atoms with van der Waals surface area (Å²) in [5.41, 5.74) is 3.12. The number of aromatic nitrogens is 3. The number of aryl methyl sites for hydroxylation is 2. The van der Waals surface area contributed by atoms with Gasteiger partial charge in [0.2, 0.25) is 0 Å². The number of esters is 2. The van der Waals surface area contributed by atoms with Crippen molar-refractivity contribution in [1.82, 2.24) is 15.0 Å². The summed E-state index contributed by atoms with van der Waals surface area (Å²) < 4.78 is 11.6. The number of nitrogens with zero attached hydrogens (tertiary/aromatic N) is 4. The Balaban J connectivity index is 0.963. The van der Waals surface area contributed by atoms with Crippen LogP contribution in [0.25, 0.3) is 0 Å². The molecule has 0 aromatic carbocycles. The molecule has 0 radical (unpaired) electrons. The van der Waals surface area contributed by atoms with E-state index >= 15 is 0 Å². The van der Waals surface area contributed by atoms with Gasteiger partial charge in [-0.3, -0.25) is 9.59 Å². The highest BCUT2D eigenvalue weighted by Gasteiger charge is 2.50. The van der Waals surface area contributed by atoms with Gasteiger partial charge in [-0.05, 0) is 140 Å². The molecule has 272 valence electrons. The maximum Gasteiger partial charge on any atom is 0.311 e. The Kier molecular flexibility index (Phi) is 10.0. The van der Waals surface area contributed by atoms with E-state index in [1.807, 2.05) is 34.6 Å². The first-order valence-electron chi connectivity index (χ1n) is 19.4. The number of pyridine rings is 1. The molecule has 5 fully saturated rings. The summed E-state index contributed by atoms with van der Waals surface area (Å²) in [6.07, 6.45) is 13.3. The Hall–Kier alpha value is -3.43. The summed E-state index contributed by atoms with van der Waals surface area (Å²) >= 11 is 0. The molecule has 6 aliphatic rings. The molecule has 0 unspecified atom stereocenters. The molecule has 4 heterocycles. The van der Waals surface area contributed by atoms with Crippen LogP contribution in [0.15, 0.2) is 12.1 Å². The van der Waals surface area contributed by atoms with Crippen LogP contribution in [0.2, 0.25) is 0 Å². The molecule has 10 heteroatoms. The second-order valence-corrected chi connectivity index (χ2v) is 17.3. The molecule has 4 saturated carbocycles. The lowest BCUT2D eigenvalue weighted by molar-refractivity contribution is -0.163. The maximum atomic E-state index is 13.4. The lowest BCUT2D eigenvalue weighted by atomic mass is 9.49. The number of anilines is 3. The number of nitrogens with one attached hydrogen (secondary N) is 2. The predicted molar refractivity (Wildman–Crippen MR) is 195 cm³/mol. The minimum Gasteiger partial charge on any atom is -0.466 e. The SMILES string of the molecule is Cc1nc(NC[C@H](CC(=O)OCCC23CC4CC(CC(C4)C2)C3)C(=O)OC(C)(C)C)c(C)c(N2CCC(c3ccc4c(n3)NCCC4)CC2)n1. The minimum absolute atomic E-state index is 0.0292. The zero-order chi connectivity index (χ0) is 35.0. The van der Waals surface area contributed by atoms with Crippen molar-refractivity contribution in [3.05, 3.63) is 34.8 Å². The first-order valence-corrected chi connectivity index (χ1v) is 19.4. The summed E-state index contributed by atoms with van der Waals surface area (Å²) in [5.74, 6) is 4.91. The Morgan fingerprint density at radius 3 is 2.40 bits per heavy atom. The molecule has 1 atom stereocenters. The molecule has 2 aliphatic heterocycles. The van der Waals surface area contributed by atoms with Crippen LogP contribution >= 0.6 is 0 Å². The molecule has 50 heavy (non-hydrogen) atoms. The zero-order valence-electron chi connectivity index (χ0n) is 31.0. The Morgan fingerprint density at radius 2 is 1.72 bits per heavy atom. The van der Waals surface area contributed by atoms with E-state index in [1.54, 1.807) is 0 Å². The van der Waals surface area contributed by atoms with Crippen LogP contribution in [0.5, 0.6) is 0 Å². The summed E-state index contributed by atoms with van der Waals surface area (Å²) in [6, 6.07) is 4.47. The maximum absolute atomic E-state index is 13.4. The van der Waals surface area contributed by atoms with Crippen LogP contribution in [0, 0.1) is 42.9 Å². The second-order valence-electron chi connectivity index (χ2n) is 17.3. The lowest BCUT2D eigenvalue weighted by Gasteiger charge is -2.57. The Bertz CT molecular complexity index is 1530. The van der Waals surface area contributed by atoms with E-state index < -0.39 is 17.5 Å². The average Bonchev–Trinajstić information content (AvgIpc) is 3.06. The van der Waals surface area contributed by atoms with Crippen LogP contribution in [-0.2, 0) is 25.5 Å². The van der Waals surface area contributed by atoms with Gasteiger partial charge in [0.15, 0.2) is 0 Å². The highest BCUT2D eigenvalue weighted by Crippen LogP contribution is 2.61. The largest absolute Gasteiger partial charge is 0.466 e. The molecule has 4 aliphatic carbocycles. The molecule has 10 nitrogen and oxygen atoms in total. The third kappa shape index (κ3) is 8.04. The van der Waals surface area contributed by atoms with Crippen molar-refractivity contribution in [3.63, 3.8) is 0 Å². The van der Waals surface area contributed by atoms with Crippen LogP contribution in [-0.4, -0.2) is 65.3 Å². The normalized spacial score (nSPS) is 26.6. The van der Waals surface area contributed by atoms with Crippen molar-refractivity contribution in [3.8, 4) is 0 Å². The van der Waals surface area contributed by atoms with Gasteiger partial charge < -0.3 is 25.0 Å². The summed E-state index contributed by atoms with van der Waals surface area (Å²) in [6.45, 7) is 12.9. The fourth-order valence-electron chi connectivity index (χ4n) is 10.1. The number of piperidine rings is 1. The van der Waals surface area contributed by atoms with Gasteiger partial charge in [-0.2, -0.15) is 0 Å². The minimum atomic E-state index is -0.700. The van der Waals surface area contributed by atoms with E-state index in [1.165, 1.54) is 49.8 Å². The van der Waals surface area contributed by atoms with E-state index in [4.69, 9.17) is 24.4 Å². The third-order valence-corrected chi connectivity index (χ3v) is 12.1. The topological polar surface area (TPSA) is 119 Å². The van der Waals surface area contributed by atoms with Crippen LogP contribution in [0.4, 0.5) is 17.5 Å². The number of carbonyl (C=O) groups excluding carboxylic acids is 2. The van der Waals surface area contributed by atoms with E-state index in [-0.39, 0.29) is 18.9 Å². The zero-order valence-corrected chi connectivity index (χ0v) is 31.0. The number of fused-ring (bicyclic) bond motifs is 1. The van der Waals surface area contributed by atoms with Crippen molar-refractivity contribution in [2.24, 2.45) is 29.1 Å². The van der Waals surface area contributed by atoms with Crippen LogP contribution in [0.1, 0.15) is 120 Å². The van der Waals surface area contributed by atoms with Crippen molar-refractivity contribution in [2.75, 3.05) is 48.3 Å². The number of carbonyl (C=O) groups is 2. The number of hydrogen-bond donors (Lipinski definition) is 2. The van der Waals surface area contributed by atoms with E-state index in [0.29, 0.717) is 29.6 Å². The molecule has 0 amide bonds. The van der Waals surface area contributed by atoms with Gasteiger partial charge in [0.1, 0.15) is 28.9 Å². The van der Waals surface area contributed by atoms with Crippen LogP contribution in [0.3, 0.4) is 0 Å². The second kappa shape index (κ2) is 14.3. The van der Waals surface area contributed by atoms with Crippen molar-refractivity contribution in [2.45, 2.75) is 123 Å². The summed E-state index contributed by atoms with van der Waals surface area (Å²) in [5, 5.41) is 6.89. The van der Waals surface area contributed by atoms with Gasteiger partial charge in [-0.15, -0.1) is 0 Å². The smallest absolute Gasteiger partial charge is 0.311 e. The Morgan fingerprint density at radius 1 is 1.02 bits per heavy atom. The predicted octanol–water partition coefficient (Wildman–Crippen LogP) is 7.14. The molecule has 2 aromatic rings. The molecule has 8 rings (SSSR count). The highest BCUT2D eigenvalue weighted by atomic mass is 16.6. The molecular formula is C40H58N6O4. The van der Waals surface area contributed by atoms with Crippen molar-refractivity contribution >= 4 is 29.4 Å². The first kappa shape index (κ1) is 35.0. The van der Waals surface area contributed by atoms with Gasteiger partial charge in [0.25, 0.3) is 0 Å². The summed E-state index contributed by atoms with van der Waals surface area (Å²) in [7, 11) is 0. The van der Waals surface area contributed by atoms with Crippen LogP contribution < -0.4 is 15.5 Å².